The van der Waals surface area contributed by atoms with E-state index in [1.54, 1.807) is 0 Å². The first-order valence-electron chi connectivity index (χ1n) is 8.15. The second kappa shape index (κ2) is 5.89. The van der Waals surface area contributed by atoms with Crippen molar-refractivity contribution in [1.82, 2.24) is 5.06 Å². The standard InChI is InChI=1S/C19H18N2O4/c20-18(23)25-19(10-16(19)13-6-2-1-3-7-13)17(22)21-11-14-8-4-5-9-15(14)12-24-21/h1-9,16H,10-12H2,(H2,20,23)/t16-,19+/m1/s1. The third kappa shape index (κ3) is 2.74. The smallest absolute Gasteiger partial charge is 0.405 e. The maximum atomic E-state index is 13.1. The third-order valence-corrected chi connectivity index (χ3v) is 4.79. The summed E-state index contributed by atoms with van der Waals surface area (Å²) in [6, 6.07) is 17.3. The number of carbonyl (C=O) groups is 2. The molecule has 1 aliphatic carbocycles. The molecule has 0 saturated heterocycles. The van der Waals surface area contributed by atoms with E-state index < -0.39 is 11.7 Å². The van der Waals surface area contributed by atoms with E-state index in [1.165, 1.54) is 5.06 Å². The molecule has 1 saturated carbocycles. The number of nitrogens with two attached hydrogens (primary N) is 1. The number of nitrogens with zero attached hydrogens (tertiary/aromatic N) is 1. The molecule has 2 aromatic rings. The molecule has 0 bridgehead atoms. The maximum Gasteiger partial charge on any atom is 0.405 e. The van der Waals surface area contributed by atoms with Gasteiger partial charge in [0.2, 0.25) is 5.60 Å². The number of primary amides is 1. The molecule has 0 unspecified atom stereocenters. The van der Waals surface area contributed by atoms with E-state index in [0.29, 0.717) is 19.6 Å². The molecule has 2 aliphatic rings. The predicted molar refractivity (Wildman–Crippen MR) is 89.0 cm³/mol. The van der Waals surface area contributed by atoms with E-state index in [2.05, 4.69) is 0 Å². The summed E-state index contributed by atoms with van der Waals surface area (Å²) >= 11 is 0. The van der Waals surface area contributed by atoms with E-state index in [0.717, 1.165) is 16.7 Å². The zero-order chi connectivity index (χ0) is 17.4. The fourth-order valence-electron chi connectivity index (χ4n) is 3.43. The highest BCUT2D eigenvalue weighted by Gasteiger charge is 2.66. The zero-order valence-corrected chi connectivity index (χ0v) is 13.6. The Hall–Kier alpha value is -2.86. The van der Waals surface area contributed by atoms with Gasteiger partial charge in [0.25, 0.3) is 5.91 Å². The Morgan fingerprint density at radius 2 is 1.76 bits per heavy atom. The minimum atomic E-state index is -1.28. The Balaban J connectivity index is 1.59. The minimum Gasteiger partial charge on any atom is -0.432 e. The number of hydrogen-bond donors (Lipinski definition) is 1. The van der Waals surface area contributed by atoms with Crippen molar-refractivity contribution in [2.45, 2.75) is 31.1 Å². The van der Waals surface area contributed by atoms with E-state index in [9.17, 15) is 9.59 Å². The summed E-state index contributed by atoms with van der Waals surface area (Å²) in [5.74, 6) is -0.580. The van der Waals surface area contributed by atoms with E-state index in [4.69, 9.17) is 15.3 Å². The van der Waals surface area contributed by atoms with E-state index >= 15 is 0 Å². The summed E-state index contributed by atoms with van der Waals surface area (Å²) in [5.41, 5.74) is 6.96. The molecule has 0 aromatic heterocycles. The number of hydrogen-bond acceptors (Lipinski definition) is 4. The number of benzene rings is 2. The van der Waals surface area contributed by atoms with Crippen LogP contribution in [0.25, 0.3) is 0 Å². The lowest BCUT2D eigenvalue weighted by Gasteiger charge is -2.31. The van der Waals surface area contributed by atoms with Gasteiger partial charge in [0.1, 0.15) is 6.61 Å². The normalized spacial score (nSPS) is 24.3. The SMILES string of the molecule is NC(=O)O[C@@]1(C(=O)N2Cc3ccccc3CO2)C[C@@H]1c1ccccc1. The second-order valence-corrected chi connectivity index (χ2v) is 6.36. The summed E-state index contributed by atoms with van der Waals surface area (Å²) in [5, 5.41) is 1.29. The summed E-state index contributed by atoms with van der Waals surface area (Å²) in [6.07, 6.45) is -0.551. The number of rotatable bonds is 3. The lowest BCUT2D eigenvalue weighted by molar-refractivity contribution is -0.210. The van der Waals surface area contributed by atoms with Gasteiger partial charge < -0.3 is 10.5 Å². The molecular weight excluding hydrogens is 320 g/mol. The number of ether oxygens (including phenoxy) is 1. The van der Waals surface area contributed by atoms with Gasteiger partial charge in [-0.3, -0.25) is 9.63 Å². The van der Waals surface area contributed by atoms with Crippen LogP contribution in [0.4, 0.5) is 4.79 Å². The number of carbonyl (C=O) groups excluding carboxylic acids is 2. The van der Waals surface area contributed by atoms with E-state index in [1.807, 2.05) is 54.6 Å². The Kier molecular flexibility index (Phi) is 3.69. The van der Waals surface area contributed by atoms with Crippen LogP contribution in [-0.2, 0) is 27.5 Å². The van der Waals surface area contributed by atoms with Crippen LogP contribution < -0.4 is 5.73 Å². The van der Waals surface area contributed by atoms with Crippen molar-refractivity contribution in [3.63, 3.8) is 0 Å². The van der Waals surface area contributed by atoms with Crippen molar-refractivity contribution in [2.24, 2.45) is 5.73 Å². The van der Waals surface area contributed by atoms with Crippen molar-refractivity contribution in [3.05, 3.63) is 71.3 Å². The Bertz CT molecular complexity index is 823. The number of amides is 2. The van der Waals surface area contributed by atoms with Gasteiger partial charge in [0.15, 0.2) is 0 Å². The van der Waals surface area contributed by atoms with E-state index in [-0.39, 0.29) is 11.8 Å². The molecule has 1 fully saturated rings. The Morgan fingerprint density at radius 1 is 1.08 bits per heavy atom. The van der Waals surface area contributed by atoms with Gasteiger partial charge in [0.05, 0.1) is 6.54 Å². The molecule has 2 N–H and O–H groups in total. The largest absolute Gasteiger partial charge is 0.432 e. The Labute approximate surface area is 145 Å². The topological polar surface area (TPSA) is 81.9 Å². The van der Waals surface area contributed by atoms with Gasteiger partial charge in [-0.2, -0.15) is 0 Å². The van der Waals surface area contributed by atoms with Crippen LogP contribution in [-0.4, -0.2) is 22.7 Å². The molecule has 25 heavy (non-hydrogen) atoms. The van der Waals surface area contributed by atoms with Gasteiger partial charge in [-0.25, -0.2) is 9.86 Å². The summed E-state index contributed by atoms with van der Waals surface area (Å²) in [7, 11) is 0. The molecule has 2 aromatic carbocycles. The molecule has 6 nitrogen and oxygen atoms in total. The highest BCUT2D eigenvalue weighted by Crippen LogP contribution is 2.55. The summed E-state index contributed by atoms with van der Waals surface area (Å²) < 4.78 is 5.29. The van der Waals surface area contributed by atoms with Crippen LogP contribution in [0, 0.1) is 0 Å². The third-order valence-electron chi connectivity index (χ3n) is 4.79. The molecule has 2 atom stereocenters. The van der Waals surface area contributed by atoms with Crippen molar-refractivity contribution in [2.75, 3.05) is 0 Å². The molecule has 0 spiro atoms. The predicted octanol–water partition coefficient (Wildman–Crippen LogP) is 2.48. The molecule has 4 rings (SSSR count). The fraction of sp³-hybridized carbons (Fsp3) is 0.263. The van der Waals surface area contributed by atoms with Crippen LogP contribution in [0.5, 0.6) is 0 Å². The van der Waals surface area contributed by atoms with Gasteiger partial charge >= 0.3 is 6.09 Å². The average molecular weight is 338 g/mol. The number of fused-ring (bicyclic) bond motifs is 1. The van der Waals surface area contributed by atoms with Gasteiger partial charge in [-0.15, -0.1) is 0 Å². The first-order chi connectivity index (χ1) is 12.1. The van der Waals surface area contributed by atoms with Crippen LogP contribution in [0.1, 0.15) is 29.0 Å². The fourth-order valence-corrected chi connectivity index (χ4v) is 3.43. The van der Waals surface area contributed by atoms with Crippen molar-refractivity contribution in [1.29, 1.82) is 0 Å². The minimum absolute atomic E-state index is 0.213. The van der Waals surface area contributed by atoms with Crippen LogP contribution in [0.15, 0.2) is 54.6 Å². The van der Waals surface area contributed by atoms with Gasteiger partial charge in [0, 0.05) is 12.3 Å². The van der Waals surface area contributed by atoms with Crippen LogP contribution in [0.3, 0.4) is 0 Å². The molecule has 1 heterocycles. The molecular formula is C19H18N2O4. The van der Waals surface area contributed by atoms with Crippen molar-refractivity contribution >= 4 is 12.0 Å². The quantitative estimate of drug-likeness (QED) is 0.932. The first-order valence-corrected chi connectivity index (χ1v) is 8.15. The lowest BCUT2D eigenvalue weighted by atomic mass is 10.1. The van der Waals surface area contributed by atoms with Crippen molar-refractivity contribution < 1.29 is 19.2 Å². The summed E-state index contributed by atoms with van der Waals surface area (Å²) in [4.78, 5) is 30.1. The average Bonchev–Trinajstić information content (AvgIpc) is 3.36. The molecule has 0 radical (unpaired) electrons. The molecule has 6 heteroatoms. The second-order valence-electron chi connectivity index (χ2n) is 6.36. The van der Waals surface area contributed by atoms with Crippen LogP contribution in [0.2, 0.25) is 0 Å². The lowest BCUT2D eigenvalue weighted by Crippen LogP contribution is -2.45. The highest BCUT2D eigenvalue weighted by atomic mass is 16.7. The first kappa shape index (κ1) is 15.7. The maximum absolute atomic E-state index is 13.1. The van der Waals surface area contributed by atoms with Crippen molar-refractivity contribution in [3.8, 4) is 0 Å². The van der Waals surface area contributed by atoms with Gasteiger partial charge in [-0.05, 0) is 16.7 Å². The summed E-state index contributed by atoms with van der Waals surface area (Å²) in [6.45, 7) is 0.630. The van der Waals surface area contributed by atoms with Gasteiger partial charge in [-0.1, -0.05) is 54.6 Å². The zero-order valence-electron chi connectivity index (χ0n) is 13.6. The number of hydroxylamine groups is 2. The molecule has 1 aliphatic heterocycles. The monoisotopic (exact) mass is 338 g/mol. The Morgan fingerprint density at radius 3 is 2.48 bits per heavy atom. The van der Waals surface area contributed by atoms with Crippen LogP contribution >= 0.6 is 0 Å². The molecule has 2 amide bonds. The highest BCUT2D eigenvalue weighted by molar-refractivity contribution is 5.92. The molecule has 128 valence electrons.